The predicted octanol–water partition coefficient (Wildman–Crippen LogP) is 0.576. The fourth-order valence-electron chi connectivity index (χ4n) is 1.79. The molecule has 0 N–H and O–H groups in total. The standard InChI is InChI=1S/C16H28O10Si2/c1-19-27(20-2,21-3)13-7-11-25-15(17)9-10-16(18)26-12-8-14-28(22-4,23-5)24-6/h7-10,13-14H,11-12H2,1-6H3/b10-9+,13-7?,14-8?. The molecule has 28 heavy (non-hydrogen) atoms. The third kappa shape index (κ3) is 9.52. The Morgan fingerprint density at radius 3 is 1.14 bits per heavy atom. The van der Waals surface area contributed by atoms with Crippen LogP contribution in [0.15, 0.2) is 35.7 Å². The number of hydrogen-bond acceptors (Lipinski definition) is 10. The van der Waals surface area contributed by atoms with Crippen molar-refractivity contribution in [3.8, 4) is 0 Å². The van der Waals surface area contributed by atoms with Gasteiger partial charge in [-0.3, -0.25) is 0 Å². The molecule has 0 amide bonds. The number of hydrogen-bond donors (Lipinski definition) is 0. The smallest absolute Gasteiger partial charge is 0.458 e. The van der Waals surface area contributed by atoms with E-state index in [1.54, 1.807) is 11.4 Å². The Labute approximate surface area is 167 Å². The van der Waals surface area contributed by atoms with Crippen molar-refractivity contribution in [3.63, 3.8) is 0 Å². The lowest BCUT2D eigenvalue weighted by Crippen LogP contribution is -2.41. The first-order valence-electron chi connectivity index (χ1n) is 8.04. The van der Waals surface area contributed by atoms with Crippen molar-refractivity contribution in [1.29, 1.82) is 0 Å². The van der Waals surface area contributed by atoms with E-state index in [-0.39, 0.29) is 13.2 Å². The lowest BCUT2D eigenvalue weighted by atomic mass is 10.5. The van der Waals surface area contributed by atoms with E-state index in [4.69, 9.17) is 36.0 Å². The number of esters is 2. The second kappa shape index (κ2) is 14.4. The van der Waals surface area contributed by atoms with E-state index < -0.39 is 29.5 Å². The van der Waals surface area contributed by atoms with Crippen LogP contribution in [0.4, 0.5) is 0 Å². The number of rotatable bonds is 14. The zero-order valence-electron chi connectivity index (χ0n) is 17.0. The molecule has 0 fully saturated rings. The summed E-state index contributed by atoms with van der Waals surface area (Å²) in [6.45, 7) is -0.0763. The number of ether oxygens (including phenoxy) is 2. The maximum absolute atomic E-state index is 11.6. The molecular weight excluding hydrogens is 408 g/mol. The molecule has 12 heteroatoms. The Morgan fingerprint density at radius 1 is 0.607 bits per heavy atom. The molecule has 0 aromatic carbocycles. The maximum atomic E-state index is 11.6. The van der Waals surface area contributed by atoms with Gasteiger partial charge in [-0.2, -0.15) is 0 Å². The molecule has 0 aromatic rings. The lowest BCUT2D eigenvalue weighted by Gasteiger charge is -2.20. The largest absolute Gasteiger partial charge is 0.528 e. The third-order valence-corrected chi connectivity index (χ3v) is 8.05. The first-order valence-corrected chi connectivity index (χ1v) is 11.6. The molecule has 0 aliphatic carbocycles. The van der Waals surface area contributed by atoms with Crippen molar-refractivity contribution in [1.82, 2.24) is 0 Å². The first kappa shape index (κ1) is 26.4. The van der Waals surface area contributed by atoms with E-state index in [1.165, 1.54) is 54.8 Å². The number of carbonyl (C=O) groups is 2. The lowest BCUT2D eigenvalue weighted by molar-refractivity contribution is -0.139. The summed E-state index contributed by atoms with van der Waals surface area (Å²) in [5.41, 5.74) is 3.15. The van der Waals surface area contributed by atoms with Gasteiger partial charge in [0.15, 0.2) is 0 Å². The first-order chi connectivity index (χ1) is 13.4. The van der Waals surface area contributed by atoms with Crippen molar-refractivity contribution in [2.24, 2.45) is 0 Å². The molecule has 0 saturated carbocycles. The molecule has 0 bridgehead atoms. The normalized spacial score (nSPS) is 12.9. The van der Waals surface area contributed by atoms with Gasteiger partial charge in [-0.25, -0.2) is 9.59 Å². The third-order valence-electron chi connectivity index (χ3n) is 3.35. The molecule has 0 radical (unpaired) electrons. The van der Waals surface area contributed by atoms with Gasteiger partial charge in [-0.1, -0.05) is 0 Å². The van der Waals surface area contributed by atoms with Crippen molar-refractivity contribution in [3.05, 3.63) is 35.7 Å². The van der Waals surface area contributed by atoms with E-state index in [9.17, 15) is 9.59 Å². The highest BCUT2D eigenvalue weighted by molar-refractivity contribution is 6.66. The monoisotopic (exact) mass is 436 g/mol. The minimum Gasteiger partial charge on any atom is -0.458 e. The number of carbonyl (C=O) groups excluding carboxylic acids is 2. The molecule has 0 heterocycles. The van der Waals surface area contributed by atoms with Crippen LogP contribution in [0, 0.1) is 0 Å². The van der Waals surface area contributed by atoms with Crippen molar-refractivity contribution in [2.45, 2.75) is 0 Å². The molecule has 0 unspecified atom stereocenters. The summed E-state index contributed by atoms with van der Waals surface area (Å²) >= 11 is 0. The Balaban J connectivity index is 4.33. The zero-order chi connectivity index (χ0) is 21.5. The molecule has 0 rings (SSSR count). The van der Waals surface area contributed by atoms with Gasteiger partial charge in [0.1, 0.15) is 13.2 Å². The molecule has 0 aliphatic heterocycles. The van der Waals surface area contributed by atoms with Crippen LogP contribution in [0.3, 0.4) is 0 Å². The minimum absolute atomic E-state index is 0.0381. The quantitative estimate of drug-likeness (QED) is 0.218. The fourth-order valence-corrected chi connectivity index (χ4v) is 4.37. The van der Waals surface area contributed by atoms with E-state index >= 15 is 0 Å². The average Bonchev–Trinajstić information content (AvgIpc) is 2.73. The van der Waals surface area contributed by atoms with Crippen LogP contribution in [0.25, 0.3) is 0 Å². The van der Waals surface area contributed by atoms with Crippen molar-refractivity contribution in [2.75, 3.05) is 55.9 Å². The molecular formula is C16H28O10Si2. The fraction of sp³-hybridized carbons (Fsp3) is 0.500. The second-order valence-corrected chi connectivity index (χ2v) is 10.4. The highest BCUT2D eigenvalue weighted by Gasteiger charge is 2.34. The van der Waals surface area contributed by atoms with Crippen LogP contribution >= 0.6 is 0 Å². The Morgan fingerprint density at radius 2 is 0.893 bits per heavy atom. The van der Waals surface area contributed by atoms with E-state index in [1.807, 2.05) is 0 Å². The van der Waals surface area contributed by atoms with Crippen molar-refractivity contribution >= 4 is 29.5 Å². The Kier molecular flexibility index (Phi) is 13.5. The highest BCUT2D eigenvalue weighted by Crippen LogP contribution is 2.08. The molecule has 0 atom stereocenters. The molecule has 10 nitrogen and oxygen atoms in total. The van der Waals surface area contributed by atoms with Gasteiger partial charge in [-0.15, -0.1) is 0 Å². The molecule has 160 valence electrons. The summed E-state index contributed by atoms with van der Waals surface area (Å²) in [6.07, 6.45) is 5.00. The van der Waals surface area contributed by atoms with Gasteiger partial charge in [0.05, 0.1) is 0 Å². The van der Waals surface area contributed by atoms with Gasteiger partial charge < -0.3 is 36.0 Å². The molecule has 0 aromatic heterocycles. The highest BCUT2D eigenvalue weighted by atomic mass is 28.4. The van der Waals surface area contributed by atoms with E-state index in [0.717, 1.165) is 12.2 Å². The van der Waals surface area contributed by atoms with E-state index in [2.05, 4.69) is 0 Å². The Hall–Kier alpha value is -1.65. The predicted molar refractivity (Wildman–Crippen MR) is 103 cm³/mol. The molecule has 0 spiro atoms. The van der Waals surface area contributed by atoms with Crippen LogP contribution < -0.4 is 0 Å². The zero-order valence-corrected chi connectivity index (χ0v) is 19.0. The maximum Gasteiger partial charge on any atom is 0.528 e. The summed E-state index contributed by atoms with van der Waals surface area (Å²) in [7, 11) is 3.03. The van der Waals surface area contributed by atoms with Gasteiger partial charge in [0, 0.05) is 54.8 Å². The molecule has 0 aliphatic rings. The van der Waals surface area contributed by atoms with Crippen LogP contribution in [0.5, 0.6) is 0 Å². The van der Waals surface area contributed by atoms with Gasteiger partial charge in [0.25, 0.3) is 0 Å². The summed E-state index contributed by atoms with van der Waals surface area (Å²) < 4.78 is 40.9. The minimum atomic E-state index is -2.86. The van der Waals surface area contributed by atoms with Gasteiger partial charge >= 0.3 is 29.5 Å². The SMILES string of the molecule is CO[Si](C=CCOC(=O)/C=C/C(=O)OCC=C[Si](OC)(OC)OC)(OC)OC. The van der Waals surface area contributed by atoms with E-state index in [0.29, 0.717) is 0 Å². The van der Waals surface area contributed by atoms with Crippen LogP contribution in [0.2, 0.25) is 0 Å². The second-order valence-electron chi connectivity index (χ2n) is 4.83. The Bertz CT molecular complexity index is 489. The van der Waals surface area contributed by atoms with Gasteiger partial charge in [-0.05, 0) is 23.6 Å². The van der Waals surface area contributed by atoms with Crippen LogP contribution in [0.1, 0.15) is 0 Å². The molecule has 0 saturated heterocycles. The topological polar surface area (TPSA) is 108 Å². The average molecular weight is 437 g/mol. The van der Waals surface area contributed by atoms with Crippen LogP contribution in [-0.4, -0.2) is 85.4 Å². The summed E-state index contributed by atoms with van der Waals surface area (Å²) in [6, 6.07) is 0. The van der Waals surface area contributed by atoms with Crippen LogP contribution in [-0.2, 0) is 45.6 Å². The summed E-state index contributed by atoms with van der Waals surface area (Å²) in [4.78, 5) is 23.1. The van der Waals surface area contributed by atoms with Gasteiger partial charge in [0.2, 0.25) is 0 Å². The van der Waals surface area contributed by atoms with Crippen molar-refractivity contribution < 1.29 is 45.6 Å². The summed E-state index contributed by atoms with van der Waals surface area (Å²) in [5.74, 6) is -1.41. The summed E-state index contributed by atoms with van der Waals surface area (Å²) in [5, 5.41) is 0.